The lowest BCUT2D eigenvalue weighted by Crippen LogP contribution is -2.36. The number of halogens is 3. The molecule has 112 valence electrons. The lowest BCUT2D eigenvalue weighted by molar-refractivity contribution is -0.126. The third-order valence-electron chi connectivity index (χ3n) is 3.28. The molecule has 2 N–H and O–H groups in total. The number of likely N-dealkylation sites (N-methyl/N-ethyl adjacent to an activating group) is 1. The second-order valence-corrected chi connectivity index (χ2v) is 5.55. The van der Waals surface area contributed by atoms with Crippen molar-refractivity contribution in [3.05, 3.63) is 33.8 Å². The Morgan fingerprint density at radius 3 is 2.70 bits per heavy atom. The fourth-order valence-electron chi connectivity index (χ4n) is 2.23. The summed E-state index contributed by atoms with van der Waals surface area (Å²) in [5.74, 6) is -0.769. The standard InChI is InChI=1S/C13H16Cl2N2O2.ClH/c1-17-4-5-19-12(9(7-17)13(16)18)8-2-3-10(14)11(15)6-8;/h2-3,6,9,12H,4-5,7H2,1H3,(H2,16,18);1H/t9-,12+;/m1./s1. The molecule has 1 amide bonds. The summed E-state index contributed by atoms with van der Waals surface area (Å²) in [5.41, 5.74) is 6.32. The lowest BCUT2D eigenvalue weighted by atomic mass is 9.94. The van der Waals surface area contributed by atoms with Gasteiger partial charge in [-0.05, 0) is 24.7 Å². The van der Waals surface area contributed by atoms with Crippen LogP contribution < -0.4 is 5.73 Å². The van der Waals surface area contributed by atoms with E-state index in [2.05, 4.69) is 0 Å². The zero-order valence-electron chi connectivity index (χ0n) is 11.0. The number of rotatable bonds is 2. The SMILES string of the molecule is CN1CCO[C@@H](c2ccc(Cl)c(Cl)c2)[C@H](C(N)=O)C1.Cl. The average molecular weight is 340 g/mol. The van der Waals surface area contributed by atoms with Gasteiger partial charge in [0.15, 0.2) is 0 Å². The van der Waals surface area contributed by atoms with Crippen molar-refractivity contribution in [2.75, 3.05) is 26.7 Å². The number of carbonyl (C=O) groups excluding carboxylic acids is 1. The summed E-state index contributed by atoms with van der Waals surface area (Å²) < 4.78 is 5.78. The van der Waals surface area contributed by atoms with Crippen molar-refractivity contribution in [1.82, 2.24) is 4.90 Å². The minimum absolute atomic E-state index is 0. The Kier molecular flexibility index (Phi) is 6.55. The molecular formula is C13H17Cl3N2O2. The van der Waals surface area contributed by atoms with Gasteiger partial charge >= 0.3 is 0 Å². The van der Waals surface area contributed by atoms with Crippen molar-refractivity contribution in [3.8, 4) is 0 Å². The smallest absolute Gasteiger partial charge is 0.224 e. The van der Waals surface area contributed by atoms with Crippen LogP contribution in [0, 0.1) is 5.92 Å². The minimum Gasteiger partial charge on any atom is -0.371 e. The van der Waals surface area contributed by atoms with E-state index in [9.17, 15) is 4.79 Å². The summed E-state index contributed by atoms with van der Waals surface area (Å²) in [5, 5.41) is 0.926. The molecule has 1 fully saturated rings. The van der Waals surface area contributed by atoms with Gasteiger partial charge in [0.2, 0.25) is 5.91 Å². The van der Waals surface area contributed by atoms with Gasteiger partial charge in [0, 0.05) is 13.1 Å². The highest BCUT2D eigenvalue weighted by atomic mass is 35.5. The average Bonchev–Trinajstić information content (AvgIpc) is 2.54. The number of amides is 1. The quantitative estimate of drug-likeness (QED) is 0.901. The molecule has 0 radical (unpaired) electrons. The highest BCUT2D eigenvalue weighted by Gasteiger charge is 2.32. The van der Waals surface area contributed by atoms with E-state index >= 15 is 0 Å². The Balaban J connectivity index is 0.00000200. The van der Waals surface area contributed by atoms with Gasteiger partial charge in [0.05, 0.1) is 28.7 Å². The third-order valence-corrected chi connectivity index (χ3v) is 4.02. The van der Waals surface area contributed by atoms with Gasteiger partial charge in [-0.2, -0.15) is 0 Å². The first-order valence-electron chi connectivity index (χ1n) is 6.03. The van der Waals surface area contributed by atoms with Gasteiger partial charge in [-0.3, -0.25) is 4.79 Å². The molecule has 7 heteroatoms. The maximum absolute atomic E-state index is 11.6. The molecule has 0 saturated carbocycles. The first-order chi connectivity index (χ1) is 8.99. The molecule has 2 rings (SSSR count). The molecule has 1 aromatic rings. The number of nitrogens with zero attached hydrogens (tertiary/aromatic N) is 1. The van der Waals surface area contributed by atoms with Crippen LogP contribution in [0.4, 0.5) is 0 Å². The van der Waals surface area contributed by atoms with Crippen molar-refractivity contribution < 1.29 is 9.53 Å². The predicted molar refractivity (Wildman–Crippen MR) is 82.6 cm³/mol. The van der Waals surface area contributed by atoms with Crippen molar-refractivity contribution in [3.63, 3.8) is 0 Å². The van der Waals surface area contributed by atoms with Crippen LogP contribution in [0.5, 0.6) is 0 Å². The molecular weight excluding hydrogens is 323 g/mol. The fraction of sp³-hybridized carbons (Fsp3) is 0.462. The van der Waals surface area contributed by atoms with Crippen LogP contribution in [0.3, 0.4) is 0 Å². The van der Waals surface area contributed by atoms with Gasteiger partial charge in [-0.25, -0.2) is 0 Å². The molecule has 0 aromatic heterocycles. The molecule has 1 aromatic carbocycles. The largest absolute Gasteiger partial charge is 0.371 e. The molecule has 0 unspecified atom stereocenters. The molecule has 0 spiro atoms. The molecule has 1 aliphatic rings. The maximum atomic E-state index is 11.6. The highest BCUT2D eigenvalue weighted by molar-refractivity contribution is 6.42. The van der Waals surface area contributed by atoms with E-state index in [4.69, 9.17) is 33.7 Å². The third kappa shape index (κ3) is 3.99. The van der Waals surface area contributed by atoms with Crippen LogP contribution in [0.1, 0.15) is 11.7 Å². The molecule has 1 saturated heterocycles. The van der Waals surface area contributed by atoms with Crippen molar-refractivity contribution in [1.29, 1.82) is 0 Å². The zero-order valence-corrected chi connectivity index (χ0v) is 13.3. The number of hydrogen-bond donors (Lipinski definition) is 1. The van der Waals surface area contributed by atoms with Crippen molar-refractivity contribution in [2.45, 2.75) is 6.10 Å². The summed E-state index contributed by atoms with van der Waals surface area (Å²) in [6.07, 6.45) is -0.378. The molecule has 20 heavy (non-hydrogen) atoms. The maximum Gasteiger partial charge on any atom is 0.224 e. The van der Waals surface area contributed by atoms with Crippen LogP contribution in [0.2, 0.25) is 10.0 Å². The van der Waals surface area contributed by atoms with E-state index in [1.54, 1.807) is 12.1 Å². The number of hydrogen-bond acceptors (Lipinski definition) is 3. The summed E-state index contributed by atoms with van der Waals surface area (Å²) in [6, 6.07) is 5.26. The minimum atomic E-state index is -0.398. The van der Waals surface area contributed by atoms with Crippen LogP contribution >= 0.6 is 35.6 Å². The first kappa shape index (κ1) is 17.5. The van der Waals surface area contributed by atoms with Gasteiger partial charge in [-0.1, -0.05) is 29.3 Å². The number of ether oxygens (including phenoxy) is 1. The normalized spacial score (nSPS) is 23.8. The Morgan fingerprint density at radius 1 is 1.40 bits per heavy atom. The van der Waals surface area contributed by atoms with Crippen LogP contribution in [-0.2, 0) is 9.53 Å². The summed E-state index contributed by atoms with van der Waals surface area (Å²) in [7, 11) is 1.94. The number of carbonyl (C=O) groups is 1. The van der Waals surface area contributed by atoms with Crippen LogP contribution in [-0.4, -0.2) is 37.6 Å². The molecule has 2 atom stereocenters. The molecule has 1 heterocycles. The number of benzene rings is 1. The molecule has 0 bridgehead atoms. The van der Waals surface area contributed by atoms with Gasteiger partial charge < -0.3 is 15.4 Å². The second kappa shape index (κ2) is 7.48. The van der Waals surface area contributed by atoms with Crippen LogP contribution in [0.25, 0.3) is 0 Å². The topological polar surface area (TPSA) is 55.6 Å². The summed E-state index contributed by atoms with van der Waals surface area (Å²) in [6.45, 7) is 1.88. The van der Waals surface area contributed by atoms with E-state index in [0.717, 1.165) is 12.1 Å². The van der Waals surface area contributed by atoms with Gasteiger partial charge in [-0.15, -0.1) is 12.4 Å². The molecule has 1 aliphatic heterocycles. The summed E-state index contributed by atoms with van der Waals surface area (Å²) >= 11 is 11.9. The number of primary amides is 1. The molecule has 0 aliphatic carbocycles. The van der Waals surface area contributed by atoms with E-state index in [-0.39, 0.29) is 24.4 Å². The van der Waals surface area contributed by atoms with Gasteiger partial charge in [0.1, 0.15) is 0 Å². The van der Waals surface area contributed by atoms with Crippen LogP contribution in [0.15, 0.2) is 18.2 Å². The molecule has 4 nitrogen and oxygen atoms in total. The summed E-state index contributed by atoms with van der Waals surface area (Å²) in [4.78, 5) is 13.7. The Hall–Kier alpha value is -0.520. The number of nitrogens with two attached hydrogens (primary N) is 1. The fourth-order valence-corrected chi connectivity index (χ4v) is 2.54. The monoisotopic (exact) mass is 338 g/mol. The van der Waals surface area contributed by atoms with Crippen molar-refractivity contribution >= 4 is 41.5 Å². The van der Waals surface area contributed by atoms with E-state index in [1.807, 2.05) is 18.0 Å². The Morgan fingerprint density at radius 2 is 2.10 bits per heavy atom. The first-order valence-corrected chi connectivity index (χ1v) is 6.79. The second-order valence-electron chi connectivity index (χ2n) is 4.74. The lowest BCUT2D eigenvalue weighted by Gasteiger charge is -2.24. The highest BCUT2D eigenvalue weighted by Crippen LogP contribution is 2.32. The van der Waals surface area contributed by atoms with Crippen molar-refractivity contribution in [2.24, 2.45) is 11.7 Å². The zero-order chi connectivity index (χ0) is 14.0. The van der Waals surface area contributed by atoms with E-state index in [1.165, 1.54) is 0 Å². The van der Waals surface area contributed by atoms with E-state index in [0.29, 0.717) is 23.2 Å². The Labute approximate surface area is 134 Å². The predicted octanol–water partition coefficient (Wildman–Crippen LogP) is 2.52. The van der Waals surface area contributed by atoms with E-state index < -0.39 is 5.92 Å². The van der Waals surface area contributed by atoms with Gasteiger partial charge in [0.25, 0.3) is 0 Å². The Bertz CT molecular complexity index is 485.